The van der Waals surface area contributed by atoms with Crippen LogP contribution in [0, 0.1) is 13.8 Å². The monoisotopic (exact) mass is 296 g/mol. The normalized spacial score (nSPS) is 19.5. The van der Waals surface area contributed by atoms with Crippen LogP contribution in [0.25, 0.3) is 0 Å². The first-order valence-corrected chi connectivity index (χ1v) is 6.95. The Balaban J connectivity index is 2.28. The molecule has 1 saturated heterocycles. The fourth-order valence-electron chi connectivity index (χ4n) is 2.47. The summed E-state index contributed by atoms with van der Waals surface area (Å²) in [6, 6.07) is 4.55. The van der Waals surface area contributed by atoms with Crippen molar-refractivity contribution in [2.75, 3.05) is 24.5 Å². The van der Waals surface area contributed by atoms with Crippen molar-refractivity contribution in [3.8, 4) is 0 Å². The van der Waals surface area contributed by atoms with E-state index in [2.05, 4.69) is 66.0 Å². The third-order valence-electron chi connectivity index (χ3n) is 3.36. The van der Waals surface area contributed by atoms with E-state index in [0.29, 0.717) is 0 Å². The van der Waals surface area contributed by atoms with Crippen LogP contribution in [0.4, 0.5) is 5.69 Å². The molecule has 1 aliphatic heterocycles. The van der Waals surface area contributed by atoms with Crippen LogP contribution < -0.4 is 10.2 Å². The Bertz CT molecular complexity index is 403. The predicted molar refractivity (Wildman–Crippen MR) is 77.9 cm³/mol. The summed E-state index contributed by atoms with van der Waals surface area (Å²) in [7, 11) is 0. The van der Waals surface area contributed by atoms with Crippen LogP contribution in [0.15, 0.2) is 16.6 Å². The van der Waals surface area contributed by atoms with Gasteiger partial charge < -0.3 is 10.2 Å². The van der Waals surface area contributed by atoms with Crippen LogP contribution in [0.2, 0.25) is 0 Å². The summed E-state index contributed by atoms with van der Waals surface area (Å²) in [5.74, 6) is 0. The number of halogens is 1. The van der Waals surface area contributed by atoms with Crippen molar-refractivity contribution in [1.29, 1.82) is 0 Å². The standard InChI is InChI=1S/C14H21BrN2/c1-10-7-12(8-11(2)13(10)15)17-6-5-16-14(3,4)9-17/h7-8,16H,5-6,9H2,1-4H3. The van der Waals surface area contributed by atoms with Crippen LogP contribution >= 0.6 is 15.9 Å². The molecule has 94 valence electrons. The highest BCUT2D eigenvalue weighted by Gasteiger charge is 2.26. The number of hydrogen-bond acceptors (Lipinski definition) is 2. The average molecular weight is 297 g/mol. The second-order valence-electron chi connectivity index (χ2n) is 5.63. The molecule has 3 heteroatoms. The first-order valence-electron chi connectivity index (χ1n) is 6.16. The molecule has 1 N–H and O–H groups in total. The quantitative estimate of drug-likeness (QED) is 0.856. The maximum absolute atomic E-state index is 3.63. The molecular weight excluding hydrogens is 276 g/mol. The number of anilines is 1. The second-order valence-corrected chi connectivity index (χ2v) is 6.42. The molecule has 0 saturated carbocycles. The molecule has 1 fully saturated rings. The van der Waals surface area contributed by atoms with Gasteiger partial charge in [0.05, 0.1) is 0 Å². The van der Waals surface area contributed by atoms with Gasteiger partial charge in [-0.05, 0) is 51.0 Å². The van der Waals surface area contributed by atoms with E-state index in [1.165, 1.54) is 21.3 Å². The van der Waals surface area contributed by atoms with Crippen molar-refractivity contribution < 1.29 is 0 Å². The smallest absolute Gasteiger partial charge is 0.0373 e. The maximum Gasteiger partial charge on any atom is 0.0373 e. The van der Waals surface area contributed by atoms with Crippen molar-refractivity contribution in [3.63, 3.8) is 0 Å². The van der Waals surface area contributed by atoms with Crippen molar-refractivity contribution in [1.82, 2.24) is 5.32 Å². The molecule has 0 unspecified atom stereocenters. The van der Waals surface area contributed by atoms with E-state index >= 15 is 0 Å². The van der Waals surface area contributed by atoms with Gasteiger partial charge >= 0.3 is 0 Å². The molecule has 0 aliphatic carbocycles. The maximum atomic E-state index is 3.63. The molecule has 0 radical (unpaired) electrons. The molecule has 0 bridgehead atoms. The first-order chi connectivity index (χ1) is 7.89. The third-order valence-corrected chi connectivity index (χ3v) is 4.61. The summed E-state index contributed by atoms with van der Waals surface area (Å²) in [4.78, 5) is 2.48. The van der Waals surface area contributed by atoms with Gasteiger partial charge in [0.2, 0.25) is 0 Å². The van der Waals surface area contributed by atoms with Crippen LogP contribution in [-0.2, 0) is 0 Å². The van der Waals surface area contributed by atoms with Crippen LogP contribution in [0.5, 0.6) is 0 Å². The lowest BCUT2D eigenvalue weighted by molar-refractivity contribution is 0.353. The van der Waals surface area contributed by atoms with Gasteiger partial charge in [0.1, 0.15) is 0 Å². The molecule has 0 aromatic heterocycles. The van der Waals surface area contributed by atoms with E-state index in [-0.39, 0.29) is 5.54 Å². The van der Waals surface area contributed by atoms with Gasteiger partial charge in [-0.2, -0.15) is 0 Å². The minimum atomic E-state index is 0.202. The fraction of sp³-hybridized carbons (Fsp3) is 0.571. The molecule has 1 aromatic carbocycles. The van der Waals surface area contributed by atoms with Gasteiger partial charge in [-0.25, -0.2) is 0 Å². The molecule has 2 rings (SSSR count). The number of nitrogens with zero attached hydrogens (tertiary/aromatic N) is 1. The van der Waals surface area contributed by atoms with E-state index in [9.17, 15) is 0 Å². The van der Waals surface area contributed by atoms with Crippen molar-refractivity contribution >= 4 is 21.6 Å². The number of benzene rings is 1. The zero-order valence-electron chi connectivity index (χ0n) is 11.1. The Hall–Kier alpha value is -0.540. The van der Waals surface area contributed by atoms with E-state index in [1.807, 2.05) is 0 Å². The summed E-state index contributed by atoms with van der Waals surface area (Å²) < 4.78 is 1.23. The minimum Gasteiger partial charge on any atom is -0.368 e. The molecule has 0 atom stereocenters. The lowest BCUT2D eigenvalue weighted by atomic mass is 10.0. The minimum absolute atomic E-state index is 0.202. The van der Waals surface area contributed by atoms with E-state index < -0.39 is 0 Å². The van der Waals surface area contributed by atoms with Gasteiger partial charge in [0.25, 0.3) is 0 Å². The third kappa shape index (κ3) is 2.83. The predicted octanol–water partition coefficient (Wildman–Crippen LogP) is 3.25. The highest BCUT2D eigenvalue weighted by molar-refractivity contribution is 9.10. The number of piperazine rings is 1. The second kappa shape index (κ2) is 4.62. The number of aryl methyl sites for hydroxylation is 2. The zero-order chi connectivity index (χ0) is 12.6. The van der Waals surface area contributed by atoms with Gasteiger partial charge in [0, 0.05) is 35.3 Å². The van der Waals surface area contributed by atoms with Gasteiger partial charge in [0.15, 0.2) is 0 Å². The van der Waals surface area contributed by atoms with Crippen LogP contribution in [0.3, 0.4) is 0 Å². The molecule has 1 aromatic rings. The van der Waals surface area contributed by atoms with Crippen molar-refractivity contribution in [2.45, 2.75) is 33.2 Å². The molecular formula is C14H21BrN2. The molecule has 0 amide bonds. The Morgan fingerprint density at radius 1 is 1.24 bits per heavy atom. The van der Waals surface area contributed by atoms with Gasteiger partial charge in [-0.1, -0.05) is 15.9 Å². The van der Waals surface area contributed by atoms with Crippen molar-refractivity contribution in [3.05, 3.63) is 27.7 Å². The summed E-state index contributed by atoms with van der Waals surface area (Å²) in [6.45, 7) is 12.1. The van der Waals surface area contributed by atoms with Gasteiger partial charge in [-0.15, -0.1) is 0 Å². The summed E-state index contributed by atoms with van der Waals surface area (Å²) in [5.41, 5.74) is 4.18. The Morgan fingerprint density at radius 3 is 2.35 bits per heavy atom. The number of nitrogens with one attached hydrogen (secondary N) is 1. The van der Waals surface area contributed by atoms with E-state index in [1.54, 1.807) is 0 Å². The lowest BCUT2D eigenvalue weighted by Gasteiger charge is -2.40. The molecule has 2 nitrogen and oxygen atoms in total. The Morgan fingerprint density at radius 2 is 1.82 bits per heavy atom. The topological polar surface area (TPSA) is 15.3 Å². The molecule has 1 aliphatic rings. The van der Waals surface area contributed by atoms with Gasteiger partial charge in [-0.3, -0.25) is 0 Å². The number of rotatable bonds is 1. The lowest BCUT2D eigenvalue weighted by Crippen LogP contribution is -2.57. The first kappa shape index (κ1) is 12.9. The molecule has 0 spiro atoms. The molecule has 17 heavy (non-hydrogen) atoms. The van der Waals surface area contributed by atoms with Crippen LogP contribution in [-0.4, -0.2) is 25.2 Å². The summed E-state index contributed by atoms with van der Waals surface area (Å²) in [6.07, 6.45) is 0. The highest BCUT2D eigenvalue weighted by Crippen LogP contribution is 2.28. The number of hydrogen-bond donors (Lipinski definition) is 1. The van der Waals surface area contributed by atoms with Crippen molar-refractivity contribution in [2.24, 2.45) is 0 Å². The highest BCUT2D eigenvalue weighted by atomic mass is 79.9. The largest absolute Gasteiger partial charge is 0.368 e. The summed E-state index contributed by atoms with van der Waals surface area (Å²) >= 11 is 3.63. The Kier molecular flexibility index (Phi) is 3.50. The average Bonchev–Trinajstić information content (AvgIpc) is 2.23. The van der Waals surface area contributed by atoms with E-state index in [0.717, 1.165) is 19.6 Å². The Labute approximate surface area is 113 Å². The van der Waals surface area contributed by atoms with Crippen LogP contribution in [0.1, 0.15) is 25.0 Å². The summed E-state index contributed by atoms with van der Waals surface area (Å²) in [5, 5.41) is 3.55. The fourth-order valence-corrected chi connectivity index (χ4v) is 2.70. The molecule has 1 heterocycles. The van der Waals surface area contributed by atoms with E-state index in [4.69, 9.17) is 0 Å². The SMILES string of the molecule is Cc1cc(N2CCNC(C)(C)C2)cc(C)c1Br. The zero-order valence-corrected chi connectivity index (χ0v) is 12.7.